The van der Waals surface area contributed by atoms with Crippen molar-refractivity contribution < 1.29 is 33.3 Å². The number of halogens is 2. The summed E-state index contributed by atoms with van der Waals surface area (Å²) in [4.78, 5) is 9.65. The summed E-state index contributed by atoms with van der Waals surface area (Å²) < 4.78 is 38.3. The predicted octanol–water partition coefficient (Wildman–Crippen LogP) is 16.7. The first-order valence-corrected chi connectivity index (χ1v) is 22.6. The molecule has 0 spiro atoms. The molecule has 0 aliphatic heterocycles. The number of aromatic nitrogens is 3. The molecule has 0 aliphatic rings. The van der Waals surface area contributed by atoms with Crippen molar-refractivity contribution in [2.75, 3.05) is 0 Å². The molecule has 0 saturated carbocycles. The van der Waals surface area contributed by atoms with Gasteiger partial charge < -0.3 is 14.0 Å². The molecule has 8 aromatic carbocycles. The van der Waals surface area contributed by atoms with Crippen LogP contribution in [0.25, 0.3) is 94.0 Å². The van der Waals surface area contributed by atoms with Crippen LogP contribution in [0.5, 0.6) is 0 Å². The first-order chi connectivity index (χ1) is 31.9. The largest absolute Gasteiger partial charge is 0.497 e. The fraction of sp³-hybridized carbons (Fsp3) is 0.167. The summed E-state index contributed by atoms with van der Waals surface area (Å²) in [6.07, 6.45) is 1.87. The van der Waals surface area contributed by atoms with Crippen molar-refractivity contribution in [3.63, 3.8) is 0 Å². The van der Waals surface area contributed by atoms with Crippen LogP contribution in [0.4, 0.5) is 8.78 Å². The summed E-state index contributed by atoms with van der Waals surface area (Å²) >= 11 is 0. The monoisotopic (exact) mass is 1060 g/mol. The number of imidazole rings is 1. The van der Waals surface area contributed by atoms with Crippen LogP contribution in [0, 0.1) is 23.8 Å². The van der Waals surface area contributed by atoms with E-state index in [0.29, 0.717) is 16.5 Å². The summed E-state index contributed by atoms with van der Waals surface area (Å²) in [5.41, 5.74) is 12.3. The van der Waals surface area contributed by atoms with Gasteiger partial charge in [-0.2, -0.15) is 0 Å². The molecule has 0 fully saturated rings. The number of para-hydroxylation sites is 2. The Balaban J connectivity index is 0.000000264. The van der Waals surface area contributed by atoms with E-state index >= 15 is 4.39 Å². The van der Waals surface area contributed by atoms with Gasteiger partial charge in [-0.25, -0.2) is 4.39 Å². The Morgan fingerprint density at radius 3 is 2.03 bits per heavy atom. The van der Waals surface area contributed by atoms with Gasteiger partial charge in [0.25, 0.3) is 0 Å². The molecule has 3 aromatic heterocycles. The van der Waals surface area contributed by atoms with Crippen molar-refractivity contribution in [2.45, 2.75) is 65.7 Å². The minimum Gasteiger partial charge on any atom is -0.497 e. The summed E-state index contributed by atoms with van der Waals surface area (Å²) in [7, 11) is 0. The molecule has 11 rings (SSSR count). The fourth-order valence-corrected chi connectivity index (χ4v) is 9.07. The van der Waals surface area contributed by atoms with E-state index in [1.807, 2.05) is 66.9 Å². The van der Waals surface area contributed by atoms with E-state index in [2.05, 4.69) is 143 Å². The van der Waals surface area contributed by atoms with Gasteiger partial charge in [0.1, 0.15) is 0 Å². The van der Waals surface area contributed by atoms with Gasteiger partial charge in [0.05, 0.1) is 22.4 Å². The molecule has 0 N–H and O–H groups in total. The number of rotatable bonds is 6. The van der Waals surface area contributed by atoms with Crippen molar-refractivity contribution in [3.8, 4) is 39.5 Å². The summed E-state index contributed by atoms with van der Waals surface area (Å²) in [5, 5.41) is 4.86. The van der Waals surface area contributed by atoms with Gasteiger partial charge in [-0.3, -0.25) is 9.37 Å². The molecule has 335 valence electrons. The van der Waals surface area contributed by atoms with E-state index in [0.717, 1.165) is 60.7 Å². The van der Waals surface area contributed by atoms with Gasteiger partial charge in [0.15, 0.2) is 11.4 Å². The molecule has 67 heavy (non-hydrogen) atoms. The van der Waals surface area contributed by atoms with Crippen LogP contribution in [0.2, 0.25) is 0 Å². The summed E-state index contributed by atoms with van der Waals surface area (Å²) in [5.74, 6) is 0.554. The standard InChI is InChI=1S/C45H34FN2O.C15H15FN.Ir/c1-26(2)35-24-31(28-13-6-5-7-14-28)25-36(27(3)4)42(35)48-39-20-11-10-19-38(39)47-45(48)34-18-12-17-33-37-23-30-22-21-29-15-8-9-16-32(29)40(30)41(46)44(37)49-43(33)34;1-15(2,3)12-6-9-14(17-10-12)11-4-7-13(16)8-5-11;/h5-17,19-27H,1-4H3;4,6-10H,1-3H3;/q2*-1;. The molecule has 7 heteroatoms. The molecule has 4 nitrogen and oxygen atoms in total. The van der Waals surface area contributed by atoms with Crippen LogP contribution < -0.4 is 0 Å². The third-order valence-electron chi connectivity index (χ3n) is 12.6. The second-order valence-electron chi connectivity index (χ2n) is 18.7. The number of fused-ring (bicyclic) bond motifs is 7. The molecular weight excluding hydrogens is 1010 g/mol. The maximum atomic E-state index is 16.6. The van der Waals surface area contributed by atoms with Gasteiger partial charge in [-0.15, -0.1) is 48.0 Å². The summed E-state index contributed by atoms with van der Waals surface area (Å²) in [6, 6.07) is 56.2. The van der Waals surface area contributed by atoms with E-state index in [1.165, 1.54) is 39.9 Å². The first-order valence-electron chi connectivity index (χ1n) is 22.6. The smallest absolute Gasteiger partial charge is 0.173 e. The van der Waals surface area contributed by atoms with Gasteiger partial charge >= 0.3 is 0 Å². The quantitative estimate of drug-likeness (QED) is 0.123. The molecule has 3 heterocycles. The molecule has 0 amide bonds. The van der Waals surface area contributed by atoms with Crippen LogP contribution >= 0.6 is 0 Å². The zero-order valence-electron chi connectivity index (χ0n) is 38.5. The van der Waals surface area contributed by atoms with Crippen LogP contribution in [-0.4, -0.2) is 14.5 Å². The average Bonchev–Trinajstić information content (AvgIpc) is 3.90. The molecule has 0 saturated heterocycles. The Hall–Kier alpha value is -6.79. The third kappa shape index (κ3) is 8.36. The summed E-state index contributed by atoms with van der Waals surface area (Å²) in [6.45, 7) is 15.4. The molecule has 0 bridgehead atoms. The zero-order chi connectivity index (χ0) is 45.9. The normalized spacial score (nSPS) is 11.8. The number of benzene rings is 8. The van der Waals surface area contributed by atoms with Gasteiger partial charge in [-0.1, -0.05) is 150 Å². The van der Waals surface area contributed by atoms with E-state index < -0.39 is 0 Å². The number of hydrogen-bond donors (Lipinski definition) is 0. The Morgan fingerprint density at radius 1 is 0.642 bits per heavy atom. The van der Waals surface area contributed by atoms with Crippen molar-refractivity contribution in [1.29, 1.82) is 0 Å². The van der Waals surface area contributed by atoms with Crippen LogP contribution in [0.3, 0.4) is 0 Å². The predicted molar refractivity (Wildman–Crippen MR) is 268 cm³/mol. The number of nitrogens with zero attached hydrogens (tertiary/aromatic N) is 3. The Morgan fingerprint density at radius 2 is 1.34 bits per heavy atom. The van der Waals surface area contributed by atoms with Crippen molar-refractivity contribution >= 4 is 54.5 Å². The molecule has 11 aromatic rings. The van der Waals surface area contributed by atoms with Crippen molar-refractivity contribution in [1.82, 2.24) is 14.5 Å². The minimum atomic E-state index is -0.347. The van der Waals surface area contributed by atoms with E-state index in [9.17, 15) is 4.39 Å². The maximum Gasteiger partial charge on any atom is 0.173 e. The number of furan rings is 1. The van der Waals surface area contributed by atoms with Crippen LogP contribution in [0.1, 0.15) is 77.0 Å². The second kappa shape index (κ2) is 18.1. The SMILES string of the molecule is CC(C)(C)c1ccc(-c2[c-]cc(F)cc2)nc1.CC(C)c1cc(-c2ccccc2)cc(C(C)C)c1-n1c(-c2[c-]ccc3c2oc2c(F)c4c(ccc5ccccc54)cc23)nc2ccccc21.[Ir]. The van der Waals surface area contributed by atoms with E-state index in [1.54, 1.807) is 6.07 Å². The molecule has 0 atom stereocenters. The van der Waals surface area contributed by atoms with Crippen molar-refractivity contribution in [2.24, 2.45) is 0 Å². The Bertz CT molecular complexity index is 3560. The molecule has 1 radical (unpaired) electrons. The molecule has 0 unspecified atom stereocenters. The first kappa shape index (κ1) is 45.4. The molecule has 0 aliphatic carbocycles. The molecular formula is C60H49F2IrN3O-2. The average molecular weight is 1060 g/mol. The van der Waals surface area contributed by atoms with Gasteiger partial charge in [0.2, 0.25) is 0 Å². The third-order valence-corrected chi connectivity index (χ3v) is 12.6. The Kier molecular flexibility index (Phi) is 12.3. The van der Waals surface area contributed by atoms with Crippen molar-refractivity contribution in [3.05, 3.63) is 198 Å². The van der Waals surface area contributed by atoms with Gasteiger partial charge in [-0.05, 0) is 97.3 Å². The number of hydrogen-bond acceptors (Lipinski definition) is 3. The number of pyridine rings is 1. The topological polar surface area (TPSA) is 43.9 Å². The maximum absolute atomic E-state index is 16.6. The minimum absolute atomic E-state index is 0. The van der Waals surface area contributed by atoms with E-state index in [4.69, 9.17) is 9.40 Å². The zero-order valence-corrected chi connectivity index (χ0v) is 40.9. The second-order valence-corrected chi connectivity index (χ2v) is 18.7. The Labute approximate surface area is 403 Å². The van der Waals surface area contributed by atoms with Crippen LogP contribution in [-0.2, 0) is 25.5 Å². The fourth-order valence-electron chi connectivity index (χ4n) is 9.07. The van der Waals surface area contributed by atoms with Crippen LogP contribution in [0.15, 0.2) is 162 Å². The van der Waals surface area contributed by atoms with Gasteiger partial charge in [0, 0.05) is 48.6 Å². The van der Waals surface area contributed by atoms with E-state index in [-0.39, 0.29) is 54.6 Å².